The van der Waals surface area contributed by atoms with Crippen LogP contribution in [0.3, 0.4) is 0 Å². The maximum absolute atomic E-state index is 6.26. The van der Waals surface area contributed by atoms with E-state index in [1.165, 1.54) is 5.56 Å². The summed E-state index contributed by atoms with van der Waals surface area (Å²) < 4.78 is 7.09. The zero-order chi connectivity index (χ0) is 20.6. The third-order valence-electron chi connectivity index (χ3n) is 4.81. The van der Waals surface area contributed by atoms with E-state index >= 15 is 0 Å². The number of rotatable bonds is 9. The molecule has 0 aliphatic heterocycles. The lowest BCUT2D eigenvalue weighted by Gasteiger charge is -2.17. The van der Waals surface area contributed by atoms with Crippen LogP contribution >= 0.6 is 39.1 Å². The molecule has 0 saturated heterocycles. The van der Waals surface area contributed by atoms with Gasteiger partial charge in [0, 0.05) is 38.2 Å². The van der Waals surface area contributed by atoms with Crippen LogP contribution in [0.1, 0.15) is 30.0 Å². The first-order chi connectivity index (χ1) is 14.0. The van der Waals surface area contributed by atoms with E-state index in [1.54, 1.807) is 0 Å². The van der Waals surface area contributed by atoms with Crippen LogP contribution in [-0.4, -0.2) is 6.04 Å². The lowest BCUT2D eigenvalue weighted by Crippen LogP contribution is -2.26. The lowest BCUT2D eigenvalue weighted by atomic mass is 10.1. The van der Waals surface area contributed by atoms with Crippen LogP contribution in [-0.2, 0) is 19.6 Å². The van der Waals surface area contributed by atoms with E-state index in [1.807, 2.05) is 30.3 Å². The quantitative estimate of drug-likeness (QED) is 0.335. The highest BCUT2D eigenvalue weighted by Gasteiger charge is 2.11. The maximum Gasteiger partial charge on any atom is 0.124 e. The van der Waals surface area contributed by atoms with Crippen molar-refractivity contribution in [1.29, 1.82) is 0 Å². The van der Waals surface area contributed by atoms with Crippen LogP contribution in [0, 0.1) is 0 Å². The highest BCUT2D eigenvalue weighted by Crippen LogP contribution is 2.28. The Morgan fingerprint density at radius 1 is 0.966 bits per heavy atom. The fraction of sp³-hybridized carbons (Fsp3) is 0.250. The number of benzene rings is 3. The van der Waals surface area contributed by atoms with Gasteiger partial charge in [0.2, 0.25) is 0 Å². The van der Waals surface area contributed by atoms with E-state index in [-0.39, 0.29) is 0 Å². The minimum Gasteiger partial charge on any atom is -0.488 e. The number of halogens is 3. The molecule has 0 bridgehead atoms. The van der Waals surface area contributed by atoms with Gasteiger partial charge in [-0.15, -0.1) is 0 Å². The van der Waals surface area contributed by atoms with Gasteiger partial charge in [0.05, 0.1) is 0 Å². The molecule has 0 radical (unpaired) electrons. The molecule has 3 aromatic carbocycles. The Hall–Kier alpha value is -1.52. The highest BCUT2D eigenvalue weighted by molar-refractivity contribution is 9.10. The summed E-state index contributed by atoms with van der Waals surface area (Å²) in [6, 6.07) is 22.5. The molecule has 1 atom stereocenters. The average molecular weight is 493 g/mol. The van der Waals surface area contributed by atoms with Crippen LogP contribution in [0.2, 0.25) is 10.0 Å². The summed E-state index contributed by atoms with van der Waals surface area (Å²) in [7, 11) is 0. The Morgan fingerprint density at radius 3 is 2.41 bits per heavy atom. The first-order valence-electron chi connectivity index (χ1n) is 9.64. The van der Waals surface area contributed by atoms with Gasteiger partial charge in [0.25, 0.3) is 0 Å². The molecule has 0 aliphatic rings. The van der Waals surface area contributed by atoms with E-state index < -0.39 is 0 Å². The van der Waals surface area contributed by atoms with E-state index in [2.05, 4.69) is 64.6 Å². The van der Waals surface area contributed by atoms with E-state index in [9.17, 15) is 0 Å². The molecule has 5 heteroatoms. The molecule has 0 unspecified atom stereocenters. The van der Waals surface area contributed by atoms with Crippen molar-refractivity contribution in [3.63, 3.8) is 0 Å². The molecule has 0 heterocycles. The average Bonchev–Trinajstić information content (AvgIpc) is 2.72. The van der Waals surface area contributed by atoms with Crippen molar-refractivity contribution in [1.82, 2.24) is 5.32 Å². The molecule has 0 amide bonds. The van der Waals surface area contributed by atoms with Gasteiger partial charge < -0.3 is 10.1 Å². The summed E-state index contributed by atoms with van der Waals surface area (Å²) in [6.07, 6.45) is 2.13. The Morgan fingerprint density at radius 2 is 1.69 bits per heavy atom. The topological polar surface area (TPSA) is 21.3 Å². The fourth-order valence-corrected chi connectivity index (χ4v) is 3.98. The monoisotopic (exact) mass is 491 g/mol. The summed E-state index contributed by atoms with van der Waals surface area (Å²) in [4.78, 5) is 0. The van der Waals surface area contributed by atoms with Gasteiger partial charge in [-0.3, -0.25) is 0 Å². The predicted molar refractivity (Wildman–Crippen MR) is 126 cm³/mol. The van der Waals surface area contributed by atoms with Crippen molar-refractivity contribution < 1.29 is 4.74 Å². The second kappa shape index (κ2) is 11.0. The summed E-state index contributed by atoms with van der Waals surface area (Å²) in [5, 5.41) is 4.83. The van der Waals surface area contributed by atoms with Crippen molar-refractivity contribution in [2.24, 2.45) is 0 Å². The van der Waals surface area contributed by atoms with Gasteiger partial charge in [-0.2, -0.15) is 0 Å². The largest absolute Gasteiger partial charge is 0.488 e. The third kappa shape index (κ3) is 6.75. The molecular weight excluding hydrogens is 469 g/mol. The zero-order valence-corrected chi connectivity index (χ0v) is 19.4. The molecule has 0 fully saturated rings. The predicted octanol–water partition coefficient (Wildman–Crippen LogP) is 7.45. The maximum atomic E-state index is 6.26. The molecular formula is C24H24BrCl2NO. The van der Waals surface area contributed by atoms with Gasteiger partial charge in [-0.1, -0.05) is 75.5 Å². The summed E-state index contributed by atoms with van der Waals surface area (Å²) in [5.41, 5.74) is 3.26. The van der Waals surface area contributed by atoms with Crippen molar-refractivity contribution in [2.75, 3.05) is 0 Å². The van der Waals surface area contributed by atoms with Crippen LogP contribution in [0.5, 0.6) is 5.75 Å². The third-order valence-corrected chi connectivity index (χ3v) is 6.01. The molecule has 152 valence electrons. The molecule has 29 heavy (non-hydrogen) atoms. The van der Waals surface area contributed by atoms with Gasteiger partial charge in [0.15, 0.2) is 0 Å². The minimum absolute atomic E-state index is 0.330. The molecule has 0 spiro atoms. The molecule has 3 aromatic rings. The first-order valence-corrected chi connectivity index (χ1v) is 11.2. The SMILES string of the molecule is C[C@@H](CCc1ccccc1)NCc1cc(Br)ccc1OCc1c(Cl)cccc1Cl. The zero-order valence-electron chi connectivity index (χ0n) is 16.3. The molecule has 3 rings (SSSR count). The second-order valence-corrected chi connectivity index (χ2v) is 8.78. The molecule has 2 nitrogen and oxygen atoms in total. The lowest BCUT2D eigenvalue weighted by molar-refractivity contribution is 0.301. The fourth-order valence-electron chi connectivity index (χ4n) is 3.06. The smallest absolute Gasteiger partial charge is 0.124 e. The first kappa shape index (κ1) is 22.2. The standard InChI is InChI=1S/C24H24BrCl2NO/c1-17(10-11-18-6-3-2-4-7-18)28-15-19-14-20(25)12-13-24(19)29-16-21-22(26)8-5-9-23(21)27/h2-9,12-14,17,28H,10-11,15-16H2,1H3/t17-/m0/s1. The summed E-state index contributed by atoms with van der Waals surface area (Å²) in [5.74, 6) is 0.826. The summed E-state index contributed by atoms with van der Waals surface area (Å²) >= 11 is 16.1. The number of nitrogens with one attached hydrogen (secondary N) is 1. The van der Waals surface area contributed by atoms with Gasteiger partial charge in [-0.05, 0) is 55.7 Å². The Labute approximate surface area is 191 Å². The molecule has 1 N–H and O–H groups in total. The number of hydrogen-bond acceptors (Lipinski definition) is 2. The second-order valence-electron chi connectivity index (χ2n) is 7.05. The summed E-state index contributed by atoms with van der Waals surface area (Å²) in [6.45, 7) is 3.27. The normalized spacial score (nSPS) is 12.0. The van der Waals surface area contributed by atoms with E-state index in [4.69, 9.17) is 27.9 Å². The van der Waals surface area contributed by atoms with Gasteiger partial charge >= 0.3 is 0 Å². The van der Waals surface area contributed by atoms with Crippen LogP contribution in [0.15, 0.2) is 71.2 Å². The van der Waals surface area contributed by atoms with Gasteiger partial charge in [0.1, 0.15) is 12.4 Å². The molecule has 0 aromatic heterocycles. The molecule has 0 saturated carbocycles. The van der Waals surface area contributed by atoms with E-state index in [0.29, 0.717) is 22.7 Å². The van der Waals surface area contributed by atoms with Gasteiger partial charge in [-0.25, -0.2) is 0 Å². The Kier molecular flexibility index (Phi) is 8.43. The number of aryl methyl sites for hydroxylation is 1. The molecule has 0 aliphatic carbocycles. The van der Waals surface area contributed by atoms with Crippen LogP contribution < -0.4 is 10.1 Å². The minimum atomic E-state index is 0.330. The van der Waals surface area contributed by atoms with Crippen molar-refractivity contribution >= 4 is 39.1 Å². The van der Waals surface area contributed by atoms with E-state index in [0.717, 1.165) is 40.7 Å². The van der Waals surface area contributed by atoms with Crippen molar-refractivity contribution in [3.8, 4) is 5.75 Å². The van der Waals surface area contributed by atoms with Crippen molar-refractivity contribution in [3.05, 3.63) is 97.9 Å². The van der Waals surface area contributed by atoms with Crippen molar-refractivity contribution in [2.45, 2.75) is 39.0 Å². The van der Waals surface area contributed by atoms with Crippen LogP contribution in [0.25, 0.3) is 0 Å². The highest BCUT2D eigenvalue weighted by atomic mass is 79.9. The van der Waals surface area contributed by atoms with Crippen LogP contribution in [0.4, 0.5) is 0 Å². The Bertz CT molecular complexity index is 913. The number of ether oxygens (including phenoxy) is 1. The number of hydrogen-bond donors (Lipinski definition) is 1. The Balaban J connectivity index is 1.59.